The molecule has 1 rings (SSSR count). The Hall–Kier alpha value is -0.960. The van der Waals surface area contributed by atoms with E-state index >= 15 is 0 Å². The molecule has 4 heteroatoms. The molecule has 17 heavy (non-hydrogen) atoms. The van der Waals surface area contributed by atoms with E-state index < -0.39 is 0 Å². The molecule has 1 heterocycles. The molecule has 0 saturated carbocycles. The third-order valence-corrected chi connectivity index (χ3v) is 3.04. The molecule has 1 N–H and O–H groups in total. The Morgan fingerprint density at radius 2 is 2.18 bits per heavy atom. The number of carbonyl (C=O) groups excluding carboxylic acids is 1. The van der Waals surface area contributed by atoms with Crippen molar-refractivity contribution in [3.05, 3.63) is 23.7 Å². The Bertz CT molecular complexity index is 379. The van der Waals surface area contributed by atoms with Gasteiger partial charge in [0.05, 0.1) is 6.26 Å². The molecule has 0 spiro atoms. The maximum absolute atomic E-state index is 12.0. The fraction of sp³-hybridized carbons (Fsp3) is 0.615. The largest absolute Gasteiger partial charge is 0.459 e. The second-order valence-corrected chi connectivity index (χ2v) is 5.68. The van der Waals surface area contributed by atoms with Gasteiger partial charge in [0.25, 0.3) is 5.91 Å². The molecule has 0 aliphatic carbocycles. The summed E-state index contributed by atoms with van der Waals surface area (Å²) in [5.74, 6) is 0.741. The molecule has 0 fully saturated rings. The smallest absolute Gasteiger partial charge is 0.287 e. The lowest BCUT2D eigenvalue weighted by atomic mass is 9.85. The summed E-state index contributed by atoms with van der Waals surface area (Å²) >= 11 is 5.77. The number of carbonyl (C=O) groups is 1. The molecular formula is C13H20ClNO2. The molecule has 1 amide bonds. The SMILES string of the molecule is Cc1ccoc1C(=O)NC(CCCl)C(C)(C)C. The standard InChI is InChI=1S/C13H20ClNO2/c1-9-6-8-17-11(9)12(16)15-10(5-7-14)13(2,3)4/h6,8,10H,5,7H2,1-4H3,(H,15,16). The van der Waals surface area contributed by atoms with E-state index in [2.05, 4.69) is 26.1 Å². The summed E-state index contributed by atoms with van der Waals surface area (Å²) < 4.78 is 5.17. The first kappa shape index (κ1) is 14.1. The van der Waals surface area contributed by atoms with Crippen molar-refractivity contribution in [2.24, 2.45) is 5.41 Å². The maximum Gasteiger partial charge on any atom is 0.287 e. The van der Waals surface area contributed by atoms with Crippen LogP contribution in [0.1, 0.15) is 43.3 Å². The molecule has 1 unspecified atom stereocenters. The minimum absolute atomic E-state index is 0.0228. The zero-order valence-corrected chi connectivity index (χ0v) is 11.6. The number of hydrogen-bond donors (Lipinski definition) is 1. The number of rotatable bonds is 4. The van der Waals surface area contributed by atoms with Gasteiger partial charge in [-0.1, -0.05) is 20.8 Å². The summed E-state index contributed by atoms with van der Waals surface area (Å²) in [6, 6.07) is 1.82. The molecule has 0 radical (unpaired) electrons. The highest BCUT2D eigenvalue weighted by Crippen LogP contribution is 2.23. The van der Waals surface area contributed by atoms with Crippen molar-refractivity contribution in [3.63, 3.8) is 0 Å². The van der Waals surface area contributed by atoms with Crippen LogP contribution in [0.3, 0.4) is 0 Å². The van der Waals surface area contributed by atoms with Crippen molar-refractivity contribution in [1.82, 2.24) is 5.32 Å². The van der Waals surface area contributed by atoms with E-state index in [-0.39, 0.29) is 17.4 Å². The van der Waals surface area contributed by atoms with Gasteiger partial charge in [-0.05, 0) is 24.8 Å². The van der Waals surface area contributed by atoms with Gasteiger partial charge in [-0.25, -0.2) is 0 Å². The Morgan fingerprint density at radius 3 is 2.59 bits per heavy atom. The van der Waals surface area contributed by atoms with Crippen LogP contribution in [-0.2, 0) is 0 Å². The lowest BCUT2D eigenvalue weighted by Gasteiger charge is -2.30. The predicted molar refractivity (Wildman–Crippen MR) is 69.5 cm³/mol. The van der Waals surface area contributed by atoms with E-state index in [4.69, 9.17) is 16.0 Å². The highest BCUT2D eigenvalue weighted by Gasteiger charge is 2.27. The first-order valence-electron chi connectivity index (χ1n) is 5.77. The molecule has 0 aliphatic heterocycles. The average Bonchev–Trinajstić information content (AvgIpc) is 2.62. The Morgan fingerprint density at radius 1 is 1.53 bits per heavy atom. The van der Waals surface area contributed by atoms with E-state index in [1.807, 2.05) is 6.92 Å². The number of aryl methyl sites for hydroxylation is 1. The normalized spacial score (nSPS) is 13.5. The molecule has 1 atom stereocenters. The average molecular weight is 258 g/mol. The van der Waals surface area contributed by atoms with Crippen LogP contribution in [0, 0.1) is 12.3 Å². The third kappa shape index (κ3) is 3.77. The Balaban J connectivity index is 2.75. The molecule has 3 nitrogen and oxygen atoms in total. The fourth-order valence-corrected chi connectivity index (χ4v) is 1.88. The Kier molecular flexibility index (Phi) is 4.63. The number of furan rings is 1. The van der Waals surface area contributed by atoms with E-state index in [0.29, 0.717) is 11.6 Å². The number of nitrogens with one attached hydrogen (secondary N) is 1. The topological polar surface area (TPSA) is 42.2 Å². The van der Waals surface area contributed by atoms with E-state index in [0.717, 1.165) is 12.0 Å². The van der Waals surface area contributed by atoms with Crippen LogP contribution in [0.15, 0.2) is 16.7 Å². The van der Waals surface area contributed by atoms with Crippen molar-refractivity contribution in [2.45, 2.75) is 40.2 Å². The van der Waals surface area contributed by atoms with Gasteiger partial charge < -0.3 is 9.73 Å². The second-order valence-electron chi connectivity index (χ2n) is 5.30. The summed E-state index contributed by atoms with van der Waals surface area (Å²) in [5, 5.41) is 2.98. The zero-order valence-electron chi connectivity index (χ0n) is 10.8. The summed E-state index contributed by atoms with van der Waals surface area (Å²) in [6.45, 7) is 8.10. The lowest BCUT2D eigenvalue weighted by molar-refractivity contribution is 0.0871. The fourth-order valence-electron chi connectivity index (χ4n) is 1.66. The van der Waals surface area contributed by atoms with E-state index in [1.165, 1.54) is 6.26 Å². The van der Waals surface area contributed by atoms with Crippen molar-refractivity contribution in [3.8, 4) is 0 Å². The Labute approximate surface area is 108 Å². The molecular weight excluding hydrogens is 238 g/mol. The summed E-state index contributed by atoms with van der Waals surface area (Å²) in [5.41, 5.74) is 0.825. The first-order chi connectivity index (χ1) is 7.86. The van der Waals surface area contributed by atoms with Crippen LogP contribution in [0.5, 0.6) is 0 Å². The lowest BCUT2D eigenvalue weighted by Crippen LogP contribution is -2.44. The van der Waals surface area contributed by atoms with Crippen LogP contribution < -0.4 is 5.32 Å². The van der Waals surface area contributed by atoms with Crippen LogP contribution in [-0.4, -0.2) is 17.8 Å². The van der Waals surface area contributed by atoms with Crippen LogP contribution in [0.2, 0.25) is 0 Å². The molecule has 0 bridgehead atoms. The van der Waals surface area contributed by atoms with Crippen LogP contribution in [0.25, 0.3) is 0 Å². The highest BCUT2D eigenvalue weighted by molar-refractivity contribution is 6.17. The van der Waals surface area contributed by atoms with Crippen LogP contribution >= 0.6 is 11.6 Å². The third-order valence-electron chi connectivity index (χ3n) is 2.82. The highest BCUT2D eigenvalue weighted by atomic mass is 35.5. The van der Waals surface area contributed by atoms with Gasteiger partial charge in [0.2, 0.25) is 0 Å². The number of halogens is 1. The van der Waals surface area contributed by atoms with Gasteiger partial charge >= 0.3 is 0 Å². The monoisotopic (exact) mass is 257 g/mol. The van der Waals surface area contributed by atoms with Gasteiger partial charge in [0.15, 0.2) is 5.76 Å². The minimum atomic E-state index is -0.169. The summed E-state index contributed by atoms with van der Waals surface area (Å²) in [6.07, 6.45) is 2.27. The number of hydrogen-bond acceptors (Lipinski definition) is 2. The predicted octanol–water partition coefficient (Wildman–Crippen LogP) is 3.36. The molecule has 0 aromatic carbocycles. The first-order valence-corrected chi connectivity index (χ1v) is 6.30. The van der Waals surface area contributed by atoms with Gasteiger partial charge in [0, 0.05) is 17.5 Å². The maximum atomic E-state index is 12.0. The number of alkyl halides is 1. The molecule has 0 aliphatic rings. The number of amides is 1. The van der Waals surface area contributed by atoms with Crippen molar-refractivity contribution >= 4 is 17.5 Å². The van der Waals surface area contributed by atoms with Crippen molar-refractivity contribution in [2.75, 3.05) is 5.88 Å². The van der Waals surface area contributed by atoms with Gasteiger partial charge in [-0.2, -0.15) is 0 Å². The van der Waals surface area contributed by atoms with Crippen LogP contribution in [0.4, 0.5) is 0 Å². The zero-order chi connectivity index (χ0) is 13.1. The quantitative estimate of drug-likeness (QED) is 0.841. The second kappa shape index (κ2) is 5.58. The molecule has 1 aromatic heterocycles. The molecule has 96 valence electrons. The van der Waals surface area contributed by atoms with Gasteiger partial charge in [-0.3, -0.25) is 4.79 Å². The van der Waals surface area contributed by atoms with Gasteiger partial charge in [0.1, 0.15) is 0 Å². The molecule has 0 saturated heterocycles. The van der Waals surface area contributed by atoms with Crippen molar-refractivity contribution in [1.29, 1.82) is 0 Å². The van der Waals surface area contributed by atoms with Crippen molar-refractivity contribution < 1.29 is 9.21 Å². The minimum Gasteiger partial charge on any atom is -0.459 e. The molecule has 1 aromatic rings. The van der Waals surface area contributed by atoms with E-state index in [1.54, 1.807) is 6.07 Å². The van der Waals surface area contributed by atoms with Gasteiger partial charge in [-0.15, -0.1) is 11.6 Å². The summed E-state index contributed by atoms with van der Waals surface area (Å²) in [4.78, 5) is 12.0. The van der Waals surface area contributed by atoms with E-state index in [9.17, 15) is 4.79 Å². The summed E-state index contributed by atoms with van der Waals surface area (Å²) in [7, 11) is 0.